The van der Waals surface area contributed by atoms with Crippen molar-refractivity contribution in [1.82, 2.24) is 25.4 Å². The second kappa shape index (κ2) is 9.47. The Bertz CT molecular complexity index is 1050. The van der Waals surface area contributed by atoms with Crippen molar-refractivity contribution in [3.05, 3.63) is 42.0 Å². The Morgan fingerprint density at radius 1 is 1.23 bits per heavy atom. The maximum Gasteiger partial charge on any atom is 0.228 e. The standard InChI is InChI=1S/C22H25F2N5O2/c1-14-25-13-21(31-14)15-2-3-20-16(8-15)9-18(27-28-20)10-22(30)29-6-4-17(5-7-29)26-19(11-23)12-24/h2-3,8-9,13,17,19,26H,4-7,10-12H2,1H3. The maximum absolute atomic E-state index is 12.7. The Balaban J connectivity index is 1.39. The molecular weight excluding hydrogens is 404 g/mol. The molecule has 0 spiro atoms. The number of alkyl halides is 2. The predicted molar refractivity (Wildman–Crippen MR) is 112 cm³/mol. The fourth-order valence-electron chi connectivity index (χ4n) is 3.85. The molecule has 0 bridgehead atoms. The largest absolute Gasteiger partial charge is 0.441 e. The zero-order chi connectivity index (χ0) is 21.8. The lowest BCUT2D eigenvalue weighted by Crippen LogP contribution is -2.49. The van der Waals surface area contributed by atoms with Crippen LogP contribution >= 0.6 is 0 Å². The minimum absolute atomic E-state index is 0.0263. The number of carbonyl (C=O) groups is 1. The number of benzene rings is 1. The summed E-state index contributed by atoms with van der Waals surface area (Å²) in [6, 6.07) is 6.84. The predicted octanol–water partition coefficient (Wildman–Crippen LogP) is 3.02. The minimum Gasteiger partial charge on any atom is -0.441 e. The molecule has 1 N–H and O–H groups in total. The second-order valence-corrected chi connectivity index (χ2v) is 7.86. The van der Waals surface area contributed by atoms with Gasteiger partial charge in [-0.1, -0.05) is 0 Å². The number of carbonyl (C=O) groups excluding carboxylic acids is 1. The number of fused-ring (bicyclic) bond motifs is 1. The summed E-state index contributed by atoms with van der Waals surface area (Å²) in [6.07, 6.45) is 3.18. The fourth-order valence-corrected chi connectivity index (χ4v) is 3.85. The number of aryl methyl sites for hydroxylation is 1. The van der Waals surface area contributed by atoms with Crippen molar-refractivity contribution >= 4 is 16.8 Å². The third-order valence-corrected chi connectivity index (χ3v) is 5.57. The molecule has 1 aromatic carbocycles. The van der Waals surface area contributed by atoms with Gasteiger partial charge in [-0.25, -0.2) is 13.8 Å². The molecule has 9 heteroatoms. The number of halogens is 2. The van der Waals surface area contributed by atoms with E-state index in [2.05, 4.69) is 20.5 Å². The van der Waals surface area contributed by atoms with E-state index in [1.807, 2.05) is 24.3 Å². The van der Waals surface area contributed by atoms with Crippen LogP contribution in [0.25, 0.3) is 22.2 Å². The maximum atomic E-state index is 12.7. The molecule has 0 saturated carbocycles. The number of piperidine rings is 1. The monoisotopic (exact) mass is 429 g/mol. The van der Waals surface area contributed by atoms with Gasteiger partial charge in [0.15, 0.2) is 11.7 Å². The molecule has 2 aromatic heterocycles. The Morgan fingerprint density at radius 2 is 2.00 bits per heavy atom. The van der Waals surface area contributed by atoms with Crippen molar-refractivity contribution in [2.75, 3.05) is 26.4 Å². The van der Waals surface area contributed by atoms with Crippen molar-refractivity contribution in [2.24, 2.45) is 0 Å². The zero-order valence-electron chi connectivity index (χ0n) is 17.4. The van der Waals surface area contributed by atoms with Crippen molar-refractivity contribution in [3.63, 3.8) is 0 Å². The molecule has 31 heavy (non-hydrogen) atoms. The lowest BCUT2D eigenvalue weighted by atomic mass is 10.0. The van der Waals surface area contributed by atoms with E-state index in [-0.39, 0.29) is 18.4 Å². The molecule has 3 heterocycles. The van der Waals surface area contributed by atoms with Crippen molar-refractivity contribution in [1.29, 1.82) is 0 Å². The number of oxazole rings is 1. The first-order valence-corrected chi connectivity index (χ1v) is 10.4. The Morgan fingerprint density at radius 3 is 2.68 bits per heavy atom. The number of hydrogen-bond donors (Lipinski definition) is 1. The van der Waals surface area contributed by atoms with Gasteiger partial charge in [-0.2, -0.15) is 10.2 Å². The molecule has 0 radical (unpaired) electrons. The summed E-state index contributed by atoms with van der Waals surface area (Å²) >= 11 is 0. The van der Waals surface area contributed by atoms with Gasteiger partial charge in [0.05, 0.1) is 29.9 Å². The summed E-state index contributed by atoms with van der Waals surface area (Å²) in [4.78, 5) is 18.6. The highest BCUT2D eigenvalue weighted by Crippen LogP contribution is 2.24. The lowest BCUT2D eigenvalue weighted by Gasteiger charge is -2.33. The average Bonchev–Trinajstić information content (AvgIpc) is 3.23. The van der Waals surface area contributed by atoms with Crippen LogP contribution in [0.4, 0.5) is 8.78 Å². The van der Waals surface area contributed by atoms with Gasteiger partial charge in [0.25, 0.3) is 0 Å². The van der Waals surface area contributed by atoms with E-state index in [1.54, 1.807) is 18.0 Å². The molecule has 0 unspecified atom stereocenters. The third-order valence-electron chi connectivity index (χ3n) is 5.57. The number of likely N-dealkylation sites (tertiary alicyclic amines) is 1. The SMILES string of the molecule is Cc1ncc(-c2ccc3nnc(CC(=O)N4CCC(NC(CF)CF)CC4)cc3c2)o1. The van der Waals surface area contributed by atoms with E-state index in [1.165, 1.54) is 0 Å². The highest BCUT2D eigenvalue weighted by molar-refractivity contribution is 5.85. The van der Waals surface area contributed by atoms with Crippen LogP contribution in [-0.2, 0) is 11.2 Å². The quantitative estimate of drug-likeness (QED) is 0.622. The topological polar surface area (TPSA) is 84.2 Å². The number of rotatable bonds is 7. The molecule has 1 aliphatic heterocycles. The second-order valence-electron chi connectivity index (χ2n) is 7.86. The van der Waals surface area contributed by atoms with Crippen LogP contribution in [0.5, 0.6) is 0 Å². The average molecular weight is 429 g/mol. The Labute approximate surface area is 178 Å². The van der Waals surface area contributed by atoms with Crippen LogP contribution in [-0.4, -0.2) is 64.5 Å². The summed E-state index contributed by atoms with van der Waals surface area (Å²) in [7, 11) is 0. The zero-order valence-corrected chi connectivity index (χ0v) is 17.4. The number of hydrogen-bond acceptors (Lipinski definition) is 6. The van der Waals surface area contributed by atoms with Crippen LogP contribution in [0.2, 0.25) is 0 Å². The normalized spacial score (nSPS) is 15.2. The fraction of sp³-hybridized carbons (Fsp3) is 0.455. The summed E-state index contributed by atoms with van der Waals surface area (Å²) in [5, 5.41) is 12.3. The highest BCUT2D eigenvalue weighted by Gasteiger charge is 2.25. The van der Waals surface area contributed by atoms with Crippen LogP contribution < -0.4 is 5.32 Å². The molecule has 1 saturated heterocycles. The van der Waals surface area contributed by atoms with Crippen molar-refractivity contribution < 1.29 is 18.0 Å². The Kier molecular flexibility index (Phi) is 6.50. The van der Waals surface area contributed by atoms with Gasteiger partial charge >= 0.3 is 0 Å². The van der Waals surface area contributed by atoms with Gasteiger partial charge in [-0.3, -0.25) is 4.79 Å². The Hall–Kier alpha value is -2.94. The first kappa shape index (κ1) is 21.3. The van der Waals surface area contributed by atoms with Gasteiger partial charge in [0, 0.05) is 37.0 Å². The number of nitrogens with one attached hydrogen (secondary N) is 1. The van der Waals surface area contributed by atoms with Gasteiger partial charge in [-0.05, 0) is 37.1 Å². The highest BCUT2D eigenvalue weighted by atomic mass is 19.1. The third kappa shape index (κ3) is 5.04. The minimum atomic E-state index is -0.758. The van der Waals surface area contributed by atoms with Crippen LogP contribution in [0.1, 0.15) is 24.4 Å². The molecular formula is C22H25F2N5O2. The molecule has 164 valence electrons. The van der Waals surface area contributed by atoms with E-state index >= 15 is 0 Å². The summed E-state index contributed by atoms with van der Waals surface area (Å²) in [6.45, 7) is 1.44. The van der Waals surface area contributed by atoms with E-state index < -0.39 is 19.4 Å². The molecule has 0 atom stereocenters. The van der Waals surface area contributed by atoms with Crippen LogP contribution in [0.15, 0.2) is 34.9 Å². The van der Waals surface area contributed by atoms with E-state index in [4.69, 9.17) is 4.42 Å². The summed E-state index contributed by atoms with van der Waals surface area (Å²) in [5.74, 6) is 1.24. The van der Waals surface area contributed by atoms with Gasteiger partial charge < -0.3 is 14.6 Å². The molecule has 1 amide bonds. The number of amides is 1. The van der Waals surface area contributed by atoms with Gasteiger partial charge in [0.2, 0.25) is 5.91 Å². The van der Waals surface area contributed by atoms with E-state index in [0.717, 1.165) is 16.5 Å². The van der Waals surface area contributed by atoms with E-state index in [0.29, 0.717) is 43.3 Å². The number of nitrogens with zero attached hydrogens (tertiary/aromatic N) is 4. The summed E-state index contributed by atoms with van der Waals surface area (Å²) in [5.41, 5.74) is 2.21. The van der Waals surface area contributed by atoms with Crippen LogP contribution in [0.3, 0.4) is 0 Å². The van der Waals surface area contributed by atoms with Crippen molar-refractivity contribution in [2.45, 2.75) is 38.3 Å². The number of aromatic nitrogens is 3. The molecule has 1 aliphatic rings. The van der Waals surface area contributed by atoms with Gasteiger partial charge in [0.1, 0.15) is 13.3 Å². The first-order chi connectivity index (χ1) is 15.1. The lowest BCUT2D eigenvalue weighted by molar-refractivity contribution is -0.131. The molecule has 0 aliphatic carbocycles. The van der Waals surface area contributed by atoms with E-state index in [9.17, 15) is 13.6 Å². The van der Waals surface area contributed by atoms with Crippen molar-refractivity contribution in [3.8, 4) is 11.3 Å². The van der Waals surface area contributed by atoms with Crippen LogP contribution in [0, 0.1) is 6.92 Å². The molecule has 1 fully saturated rings. The molecule has 7 nitrogen and oxygen atoms in total. The molecule has 3 aromatic rings. The summed E-state index contributed by atoms with van der Waals surface area (Å²) < 4.78 is 31.0. The smallest absolute Gasteiger partial charge is 0.228 e. The first-order valence-electron chi connectivity index (χ1n) is 10.4. The van der Waals surface area contributed by atoms with Gasteiger partial charge in [-0.15, -0.1) is 0 Å². The molecule has 4 rings (SSSR count).